The molecular weight excluding hydrogens is 829 g/mol. The first-order chi connectivity index (χ1) is 32.0. The third-order valence-electron chi connectivity index (χ3n) is 13.7. The van der Waals surface area contributed by atoms with Crippen molar-refractivity contribution in [2.24, 2.45) is 33.9 Å². The van der Waals surface area contributed by atoms with Gasteiger partial charge in [0.1, 0.15) is 18.1 Å². The zero-order chi connectivity index (χ0) is 45.7. The summed E-state index contributed by atoms with van der Waals surface area (Å²) in [7, 11) is 3.93. The Labute approximate surface area is 382 Å². The Bertz CT molecular complexity index is 2900. The molecule has 6 atom stereocenters. The van der Waals surface area contributed by atoms with E-state index in [1.165, 1.54) is 4.90 Å². The molecule has 0 radical (unpaired) electrons. The number of carbonyl (C=O) groups excluding carboxylic acids is 4. The number of amides is 4. The Balaban J connectivity index is 1.03. The van der Waals surface area contributed by atoms with E-state index in [2.05, 4.69) is 15.7 Å². The minimum absolute atomic E-state index is 0.119. The average Bonchev–Trinajstić information content (AvgIpc) is 3.72. The standard InChI is InChI=1S/C54H48N6O6/c1-33-14-16-38(17-15-33)57-60-51(63)46-31-45-42(28-29-44-48(45)52(64)59(50(44)62)40-24-20-37(21-25-40)56-55-36-18-22-39(23-19-36)58(2)3)49(54(46,53(60)65)35-12-8-5-9-13-35)43-27-26-41(30-47(43)61)66-32-34-10-6-4-7-11-34/h4-28,30,44-46,48-49,57,61H,29,31-32H2,1-3H3/t44-,45+,46-,48-,49+,54+/m0/s1. The number of nitrogens with zero attached hydrogens (tertiary/aromatic N) is 5. The van der Waals surface area contributed by atoms with Crippen LogP contribution in [0.15, 0.2) is 174 Å². The highest BCUT2D eigenvalue weighted by Gasteiger charge is 2.70. The van der Waals surface area contributed by atoms with Gasteiger partial charge in [-0.25, -0.2) is 0 Å². The van der Waals surface area contributed by atoms with Crippen LogP contribution in [-0.4, -0.2) is 47.8 Å². The van der Waals surface area contributed by atoms with Crippen molar-refractivity contribution in [3.63, 3.8) is 0 Å². The largest absolute Gasteiger partial charge is 0.508 e. The molecule has 6 aromatic carbocycles. The number of aryl methyl sites for hydroxylation is 1. The minimum atomic E-state index is -1.54. The van der Waals surface area contributed by atoms with Gasteiger partial charge < -0.3 is 14.7 Å². The van der Waals surface area contributed by atoms with E-state index in [1.54, 1.807) is 42.5 Å². The number of benzene rings is 6. The van der Waals surface area contributed by atoms with Crippen LogP contribution in [0.4, 0.5) is 28.4 Å². The molecule has 0 spiro atoms. The molecule has 4 aliphatic rings. The Hall–Kier alpha value is -7.86. The van der Waals surface area contributed by atoms with E-state index < -0.39 is 46.8 Å². The molecule has 0 bridgehead atoms. The summed E-state index contributed by atoms with van der Waals surface area (Å²) in [6, 6.07) is 45.9. The lowest BCUT2D eigenvalue weighted by atomic mass is 9.49. The Morgan fingerprint density at radius 1 is 0.742 bits per heavy atom. The van der Waals surface area contributed by atoms with Crippen molar-refractivity contribution in [1.29, 1.82) is 0 Å². The molecule has 2 heterocycles. The van der Waals surface area contributed by atoms with Gasteiger partial charge in [-0.1, -0.05) is 96.1 Å². The van der Waals surface area contributed by atoms with E-state index >= 15 is 9.59 Å². The lowest BCUT2D eigenvalue weighted by molar-refractivity contribution is -0.138. The summed E-state index contributed by atoms with van der Waals surface area (Å²) in [5.41, 5.74) is 8.55. The summed E-state index contributed by atoms with van der Waals surface area (Å²) in [5, 5.41) is 22.0. The second kappa shape index (κ2) is 16.9. The van der Waals surface area contributed by atoms with Crippen molar-refractivity contribution in [2.75, 3.05) is 29.3 Å². The van der Waals surface area contributed by atoms with Crippen molar-refractivity contribution in [2.45, 2.75) is 37.7 Å². The molecule has 12 heteroatoms. The smallest absolute Gasteiger partial charge is 0.260 e. The number of hydrogen-bond donors (Lipinski definition) is 2. The second-order valence-electron chi connectivity index (χ2n) is 17.7. The number of anilines is 3. The first kappa shape index (κ1) is 42.1. The molecule has 2 saturated heterocycles. The van der Waals surface area contributed by atoms with E-state index in [0.29, 0.717) is 39.6 Å². The fraction of sp³-hybridized carbons (Fsp3) is 0.222. The van der Waals surface area contributed by atoms with Gasteiger partial charge in [-0.2, -0.15) is 15.2 Å². The number of fused-ring (bicyclic) bond motifs is 4. The maximum Gasteiger partial charge on any atom is 0.260 e. The molecular formula is C54H48N6O6. The predicted molar refractivity (Wildman–Crippen MR) is 252 cm³/mol. The quantitative estimate of drug-likeness (QED) is 0.0744. The molecule has 10 rings (SSSR count). The molecule has 6 aromatic rings. The fourth-order valence-corrected chi connectivity index (χ4v) is 10.5. The number of imide groups is 2. The van der Waals surface area contributed by atoms with Crippen molar-refractivity contribution in [3.05, 3.63) is 186 Å². The van der Waals surface area contributed by atoms with Crippen molar-refractivity contribution in [3.8, 4) is 11.5 Å². The highest BCUT2D eigenvalue weighted by Crippen LogP contribution is 2.65. The first-order valence-electron chi connectivity index (χ1n) is 22.2. The fourth-order valence-electron chi connectivity index (χ4n) is 10.5. The number of hydrazine groups is 1. The van der Waals surface area contributed by atoms with Crippen molar-refractivity contribution >= 4 is 52.1 Å². The van der Waals surface area contributed by atoms with E-state index in [-0.39, 0.29) is 37.0 Å². The van der Waals surface area contributed by atoms with Gasteiger partial charge in [0.15, 0.2) is 0 Å². The van der Waals surface area contributed by atoms with Crippen LogP contribution >= 0.6 is 0 Å². The highest BCUT2D eigenvalue weighted by atomic mass is 16.5. The minimum Gasteiger partial charge on any atom is -0.508 e. The van der Waals surface area contributed by atoms with Gasteiger partial charge >= 0.3 is 0 Å². The number of nitrogens with one attached hydrogen (secondary N) is 1. The predicted octanol–water partition coefficient (Wildman–Crippen LogP) is 9.95. The Morgan fingerprint density at radius 2 is 1.39 bits per heavy atom. The highest BCUT2D eigenvalue weighted by molar-refractivity contribution is 6.22. The van der Waals surface area contributed by atoms with Gasteiger partial charge in [0.2, 0.25) is 11.8 Å². The van der Waals surface area contributed by atoms with Gasteiger partial charge in [0.25, 0.3) is 11.8 Å². The molecule has 1 saturated carbocycles. The van der Waals surface area contributed by atoms with E-state index in [1.807, 2.05) is 141 Å². The lowest BCUT2D eigenvalue weighted by Crippen LogP contribution is -2.53. The molecule has 0 unspecified atom stereocenters. The van der Waals surface area contributed by atoms with Crippen LogP contribution in [0.3, 0.4) is 0 Å². The van der Waals surface area contributed by atoms with Crippen LogP contribution in [0, 0.1) is 30.6 Å². The monoisotopic (exact) mass is 876 g/mol. The second-order valence-corrected chi connectivity index (χ2v) is 17.7. The molecule has 330 valence electrons. The number of azo groups is 1. The zero-order valence-electron chi connectivity index (χ0n) is 36.7. The third kappa shape index (κ3) is 7.18. The molecule has 0 aromatic heterocycles. The van der Waals surface area contributed by atoms with Crippen LogP contribution in [-0.2, 0) is 31.2 Å². The van der Waals surface area contributed by atoms with Gasteiger partial charge in [-0.3, -0.25) is 29.5 Å². The van der Waals surface area contributed by atoms with E-state index in [0.717, 1.165) is 27.4 Å². The summed E-state index contributed by atoms with van der Waals surface area (Å²) in [5.74, 6) is -5.35. The van der Waals surface area contributed by atoms with Crippen LogP contribution in [0.2, 0.25) is 0 Å². The summed E-state index contributed by atoms with van der Waals surface area (Å²) in [6.45, 7) is 2.23. The maximum atomic E-state index is 15.6. The van der Waals surface area contributed by atoms with E-state index in [9.17, 15) is 14.7 Å². The maximum absolute atomic E-state index is 15.6. The number of ether oxygens (including phenoxy) is 1. The van der Waals surface area contributed by atoms with Gasteiger partial charge in [-0.15, -0.1) is 0 Å². The number of phenolic OH excluding ortho intramolecular Hbond substituents is 1. The molecule has 12 nitrogen and oxygen atoms in total. The van der Waals surface area contributed by atoms with Crippen LogP contribution in [0.25, 0.3) is 0 Å². The number of carbonyl (C=O) groups is 4. The van der Waals surface area contributed by atoms with Gasteiger partial charge in [-0.05, 0) is 104 Å². The summed E-state index contributed by atoms with van der Waals surface area (Å²) in [6.07, 6.45) is 2.33. The van der Waals surface area contributed by atoms with Gasteiger partial charge in [0, 0.05) is 37.3 Å². The molecule has 4 amide bonds. The number of aromatic hydroxyl groups is 1. The zero-order valence-corrected chi connectivity index (χ0v) is 36.7. The van der Waals surface area contributed by atoms with Crippen molar-refractivity contribution in [1.82, 2.24) is 5.01 Å². The normalized spacial score (nSPS) is 23.4. The van der Waals surface area contributed by atoms with Crippen LogP contribution < -0.4 is 20.0 Å². The Morgan fingerprint density at radius 3 is 2.05 bits per heavy atom. The number of phenols is 1. The SMILES string of the molecule is Cc1ccc(NN2C(=O)[C@@H]3C[C@@H]4C(=CC[C@@H]5C(=O)N(c6ccc(N=Nc7ccc(N(C)C)cc7)cc6)C(=O)[C@@H]54)[C@H](c4ccc(OCc5ccccc5)cc4O)[C@]3(c3ccccc3)C2=O)cc1. The molecule has 2 N–H and O–H groups in total. The molecule has 2 aliphatic heterocycles. The lowest BCUT2D eigenvalue weighted by Gasteiger charge is -2.50. The molecule has 66 heavy (non-hydrogen) atoms. The third-order valence-corrected chi connectivity index (χ3v) is 13.7. The summed E-state index contributed by atoms with van der Waals surface area (Å²) >= 11 is 0. The van der Waals surface area contributed by atoms with Gasteiger partial charge in [0.05, 0.1) is 45.9 Å². The molecule has 2 aliphatic carbocycles. The number of rotatable bonds is 11. The summed E-state index contributed by atoms with van der Waals surface area (Å²) in [4.78, 5) is 63.3. The van der Waals surface area contributed by atoms with Crippen molar-refractivity contribution < 1.29 is 29.0 Å². The topological polar surface area (TPSA) is 144 Å². The number of allylic oxidation sites excluding steroid dienone is 2. The summed E-state index contributed by atoms with van der Waals surface area (Å²) < 4.78 is 6.12. The van der Waals surface area contributed by atoms with Crippen LogP contribution in [0.1, 0.15) is 41.0 Å². The van der Waals surface area contributed by atoms with Crippen LogP contribution in [0.5, 0.6) is 11.5 Å². The number of hydrogen-bond acceptors (Lipinski definition) is 10. The average molecular weight is 877 g/mol. The first-order valence-corrected chi connectivity index (χ1v) is 22.2. The Kier molecular flexibility index (Phi) is 10.8. The molecule has 3 fully saturated rings. The van der Waals surface area contributed by atoms with E-state index in [4.69, 9.17) is 4.74 Å².